The second-order valence-corrected chi connectivity index (χ2v) is 2.20. The fourth-order valence-electron chi connectivity index (χ4n) is 0.0833. The Labute approximate surface area is 119 Å². The molecule has 0 atom stereocenters. The van der Waals surface area contributed by atoms with Crippen molar-refractivity contribution in [3.63, 3.8) is 0 Å². The van der Waals surface area contributed by atoms with Crippen molar-refractivity contribution in [3.05, 3.63) is 0 Å². The molecule has 0 aliphatic rings. The predicted octanol–water partition coefficient (Wildman–Crippen LogP) is -8.48. The number of carboxylic acid groups (broad SMARTS) is 2. The summed E-state index contributed by atoms with van der Waals surface area (Å²) in [5, 5.41) is 19.9. The van der Waals surface area contributed by atoms with Gasteiger partial charge in [-0.3, -0.25) is 0 Å². The maximum Gasteiger partial charge on any atom is 1.00 e. The quantitative estimate of drug-likeness (QED) is 0.309. The van der Waals surface area contributed by atoms with Gasteiger partial charge in [-0.15, -0.1) is 0 Å². The Bertz CT molecular complexity index is 141. The van der Waals surface area contributed by atoms with E-state index in [2.05, 4.69) is 0 Å². The van der Waals surface area contributed by atoms with E-state index in [1.807, 2.05) is 0 Å². The smallest absolute Gasteiger partial charge is 0.549 e. The van der Waals surface area contributed by atoms with E-state index >= 15 is 0 Å². The van der Waals surface area contributed by atoms with Gasteiger partial charge < -0.3 is 19.8 Å². The van der Waals surface area contributed by atoms with E-state index < -0.39 is 17.4 Å². The van der Waals surface area contributed by atoms with Crippen LogP contribution in [0.5, 0.6) is 0 Å². The molecule has 4 nitrogen and oxygen atoms in total. The van der Waals surface area contributed by atoms with Crippen LogP contribution in [0.2, 0.25) is 0 Å². The Hall–Kier alpha value is 1.17. The van der Waals surface area contributed by atoms with E-state index in [1.54, 1.807) is 0 Å². The summed E-state index contributed by atoms with van der Waals surface area (Å²) in [7, 11) is 0. The van der Waals surface area contributed by atoms with Crippen molar-refractivity contribution in [2.75, 3.05) is 0 Å². The molecule has 0 heterocycles. The molecule has 0 aliphatic heterocycles. The Morgan fingerprint density at radius 1 is 1.09 bits per heavy atom. The second kappa shape index (κ2) is 6.66. The number of carbonyl (C=O) groups excluding carboxylic acids is 2. The molecule has 0 spiro atoms. The largest absolute Gasteiger partial charge is 1.00 e. The molecule has 0 fully saturated rings. The van der Waals surface area contributed by atoms with Crippen LogP contribution < -0.4 is 80.5 Å². The van der Waals surface area contributed by atoms with E-state index in [0.717, 1.165) is 13.8 Å². The first-order chi connectivity index (χ1) is 3.89. The number of aliphatic carboxylic acids is 2. The molecule has 52 valence electrons. The minimum atomic E-state index is -1.89. The zero-order valence-electron chi connectivity index (χ0n) is 7.13. The summed E-state index contributed by atoms with van der Waals surface area (Å²) < 4.78 is 0. The van der Waals surface area contributed by atoms with Crippen molar-refractivity contribution in [2.24, 2.45) is 5.41 Å². The minimum Gasteiger partial charge on any atom is -0.549 e. The van der Waals surface area contributed by atoms with Crippen LogP contribution in [-0.4, -0.2) is 11.9 Å². The molecule has 6 heteroatoms. The second-order valence-electron chi connectivity index (χ2n) is 2.20. The molecule has 0 rings (SSSR count). The topological polar surface area (TPSA) is 80.3 Å². The zero-order chi connectivity index (χ0) is 7.65. The molecule has 0 amide bonds. The molecule has 0 saturated carbocycles. The molecule has 0 aromatic carbocycles. The van der Waals surface area contributed by atoms with Crippen LogP contribution in [0.3, 0.4) is 0 Å². The van der Waals surface area contributed by atoms with Gasteiger partial charge in [0, 0.05) is 5.41 Å². The summed E-state index contributed by atoms with van der Waals surface area (Å²) >= 11 is 0. The first kappa shape index (κ1) is 18.1. The van der Waals surface area contributed by atoms with Gasteiger partial charge >= 0.3 is 70.2 Å². The van der Waals surface area contributed by atoms with Crippen molar-refractivity contribution in [1.82, 2.24) is 0 Å². The van der Waals surface area contributed by atoms with Gasteiger partial charge in [0.05, 0.1) is 11.9 Å². The van der Waals surface area contributed by atoms with Gasteiger partial charge in [0.15, 0.2) is 0 Å². The predicted molar refractivity (Wildman–Crippen MR) is 23.8 cm³/mol. The third kappa shape index (κ3) is 5.42. The molecule has 0 radical (unpaired) electrons. The van der Waals surface area contributed by atoms with Crippen molar-refractivity contribution in [2.45, 2.75) is 13.8 Å². The van der Waals surface area contributed by atoms with Crippen LogP contribution >= 0.6 is 0 Å². The summed E-state index contributed by atoms with van der Waals surface area (Å²) in [6.07, 6.45) is 0. The Balaban J connectivity index is -0.000000320. The molecule has 0 N–H and O–H groups in total. The molecule has 0 aromatic rings. The Morgan fingerprint density at radius 3 is 1.27 bits per heavy atom. The number of carboxylic acids is 2. The van der Waals surface area contributed by atoms with E-state index in [9.17, 15) is 19.8 Å². The van der Waals surface area contributed by atoms with E-state index in [-0.39, 0.29) is 70.2 Å². The van der Waals surface area contributed by atoms with Crippen molar-refractivity contribution in [1.29, 1.82) is 0 Å². The van der Waals surface area contributed by atoms with Gasteiger partial charge in [-0.25, -0.2) is 0 Å². The van der Waals surface area contributed by atoms with Crippen molar-refractivity contribution >= 4 is 11.9 Å². The number of hydrogen-bond acceptors (Lipinski definition) is 4. The molecule has 11 heavy (non-hydrogen) atoms. The molecular weight excluding hydrogens is 170 g/mol. The molecular formula is C5H6KLiO4. The molecule has 0 saturated heterocycles. The van der Waals surface area contributed by atoms with Gasteiger partial charge in [0.1, 0.15) is 0 Å². The maximum atomic E-state index is 9.93. The van der Waals surface area contributed by atoms with Gasteiger partial charge in [-0.2, -0.15) is 0 Å². The third-order valence-electron chi connectivity index (χ3n) is 1.02. The third-order valence-corrected chi connectivity index (χ3v) is 1.02. The molecule has 0 bridgehead atoms. The average Bonchev–Trinajstić information content (AvgIpc) is 1.65. The van der Waals surface area contributed by atoms with Gasteiger partial charge in [0.2, 0.25) is 0 Å². The van der Waals surface area contributed by atoms with E-state index in [0.29, 0.717) is 0 Å². The summed E-state index contributed by atoms with van der Waals surface area (Å²) in [4.78, 5) is 19.9. The standard InChI is InChI=1S/C5H8O4.K.Li/c1-5(2,3(6)7)4(8)9;;/h1-2H3,(H,6,7)(H,8,9);;/q;2*+1/p-2. The van der Waals surface area contributed by atoms with Crippen LogP contribution in [0.25, 0.3) is 0 Å². The normalized spacial score (nSPS) is 8.91. The molecule has 0 aromatic heterocycles. The number of carbonyl (C=O) groups is 2. The van der Waals surface area contributed by atoms with Crippen molar-refractivity contribution in [3.8, 4) is 0 Å². The first-order valence-electron chi connectivity index (χ1n) is 2.32. The van der Waals surface area contributed by atoms with Crippen LogP contribution in [-0.2, 0) is 9.59 Å². The summed E-state index contributed by atoms with van der Waals surface area (Å²) in [5.41, 5.74) is -1.89. The van der Waals surface area contributed by atoms with Crippen LogP contribution in [0, 0.1) is 5.41 Å². The SMILES string of the molecule is CC(C)(C(=O)[O-])C(=O)[O-].[K+].[Li+]. The van der Waals surface area contributed by atoms with Crippen LogP contribution in [0.1, 0.15) is 13.8 Å². The number of rotatable bonds is 2. The monoisotopic (exact) mass is 176 g/mol. The summed E-state index contributed by atoms with van der Waals surface area (Å²) in [6.45, 7) is 2.02. The first-order valence-corrected chi connectivity index (χ1v) is 2.32. The maximum absolute atomic E-state index is 9.93. The minimum absolute atomic E-state index is 0. The summed E-state index contributed by atoms with van der Waals surface area (Å²) in [6, 6.07) is 0. The van der Waals surface area contributed by atoms with Crippen LogP contribution in [0.15, 0.2) is 0 Å². The van der Waals surface area contributed by atoms with Gasteiger partial charge in [0.25, 0.3) is 0 Å². The van der Waals surface area contributed by atoms with Crippen molar-refractivity contribution < 1.29 is 90.0 Å². The van der Waals surface area contributed by atoms with E-state index in [4.69, 9.17) is 0 Å². The van der Waals surface area contributed by atoms with Gasteiger partial charge in [-0.1, -0.05) is 0 Å². The Morgan fingerprint density at radius 2 is 1.27 bits per heavy atom. The fraction of sp³-hybridized carbons (Fsp3) is 0.600. The average molecular weight is 176 g/mol. The van der Waals surface area contributed by atoms with E-state index in [1.165, 1.54) is 0 Å². The summed E-state index contributed by atoms with van der Waals surface area (Å²) in [5.74, 6) is -3.27. The van der Waals surface area contributed by atoms with Gasteiger partial charge in [-0.05, 0) is 13.8 Å². The molecule has 0 unspecified atom stereocenters. The Kier molecular flexibility index (Phi) is 10.9. The molecule has 0 aliphatic carbocycles. The zero-order valence-corrected chi connectivity index (χ0v) is 10.3. The number of hydrogen-bond donors (Lipinski definition) is 0. The van der Waals surface area contributed by atoms with Crippen LogP contribution in [0.4, 0.5) is 0 Å². The fourth-order valence-corrected chi connectivity index (χ4v) is 0.0833.